The van der Waals surface area contributed by atoms with Crippen LogP contribution < -0.4 is 5.32 Å². The van der Waals surface area contributed by atoms with E-state index in [4.69, 9.17) is 9.84 Å². The fourth-order valence-electron chi connectivity index (χ4n) is 2.82. The van der Waals surface area contributed by atoms with Crippen LogP contribution in [0.1, 0.15) is 58.1 Å². The highest BCUT2D eigenvalue weighted by Gasteiger charge is 2.12. The lowest BCUT2D eigenvalue weighted by Gasteiger charge is -2.25. The van der Waals surface area contributed by atoms with Crippen LogP contribution in [-0.4, -0.2) is 37.6 Å². The summed E-state index contributed by atoms with van der Waals surface area (Å²) in [5, 5.41) is 9.93. The molecule has 0 aliphatic carbocycles. The summed E-state index contributed by atoms with van der Waals surface area (Å²) < 4.78 is 19.8. The summed E-state index contributed by atoms with van der Waals surface area (Å²) in [5.74, 6) is 0.372. The van der Waals surface area contributed by atoms with Crippen LogP contribution in [0.15, 0.2) is 23.3 Å². The van der Waals surface area contributed by atoms with Gasteiger partial charge in [0.15, 0.2) is 0 Å². The molecule has 0 heterocycles. The molecule has 0 saturated carbocycles. The highest BCUT2D eigenvalue weighted by Crippen LogP contribution is 2.14. The Morgan fingerprint density at radius 3 is 2.54 bits per heavy atom. The summed E-state index contributed by atoms with van der Waals surface area (Å²) in [6, 6.07) is 5.25. The Hall–Kier alpha value is -1.46. The molecule has 1 N–H and O–H groups in total. The van der Waals surface area contributed by atoms with Crippen molar-refractivity contribution < 1.29 is 9.13 Å². The number of nitrogens with one attached hydrogen (secondary N) is 1. The smallest absolute Gasteiger partial charge is 0.135 e. The Labute approximate surface area is 158 Å². The molecule has 1 aromatic carbocycles. The molecule has 148 valence electrons. The molecule has 0 fully saturated rings. The molecule has 0 amide bonds. The average Bonchev–Trinajstić information content (AvgIpc) is 2.66. The second kappa shape index (κ2) is 12.8. The molecule has 0 aliphatic heterocycles. The minimum absolute atomic E-state index is 0.207. The molecule has 0 saturated heterocycles. The van der Waals surface area contributed by atoms with E-state index in [0.29, 0.717) is 18.2 Å². The van der Waals surface area contributed by atoms with Crippen LogP contribution in [0.4, 0.5) is 4.39 Å². The van der Waals surface area contributed by atoms with Gasteiger partial charge in [0, 0.05) is 18.7 Å². The first-order chi connectivity index (χ1) is 12.6. The van der Waals surface area contributed by atoms with Gasteiger partial charge < -0.3 is 10.1 Å². The number of hydrogen-bond donors (Lipinski definition) is 1. The zero-order valence-corrected chi connectivity index (χ0v) is 17.1. The van der Waals surface area contributed by atoms with Crippen molar-refractivity contribution in [1.29, 1.82) is 0 Å². The first-order valence-corrected chi connectivity index (χ1v) is 9.88. The Morgan fingerprint density at radius 1 is 1.23 bits per heavy atom. The number of benzene rings is 1. The molecule has 0 aromatic heterocycles. The molecule has 0 spiro atoms. The monoisotopic (exact) mass is 365 g/mol. The van der Waals surface area contributed by atoms with Gasteiger partial charge >= 0.3 is 0 Å². The second-order valence-corrected chi connectivity index (χ2v) is 6.68. The molecule has 26 heavy (non-hydrogen) atoms. The zero-order chi connectivity index (χ0) is 19.4. The van der Waals surface area contributed by atoms with E-state index >= 15 is 0 Å². The van der Waals surface area contributed by atoms with Crippen molar-refractivity contribution in [1.82, 2.24) is 10.3 Å². The minimum Gasteiger partial charge on any atom is -0.355 e. The van der Waals surface area contributed by atoms with Crippen LogP contribution in [0.3, 0.4) is 0 Å². The van der Waals surface area contributed by atoms with Crippen molar-refractivity contribution in [2.24, 2.45) is 11.0 Å². The molecule has 0 aliphatic rings. The lowest BCUT2D eigenvalue weighted by atomic mass is 10.0. The van der Waals surface area contributed by atoms with Gasteiger partial charge in [-0.25, -0.2) is 4.39 Å². The van der Waals surface area contributed by atoms with Crippen molar-refractivity contribution >= 4 is 5.71 Å². The standard InChI is InChI=1S/C21H36FN3O/c1-6-17(7-2)14-25(24-20(9-4)13-23-5)16-26-15-19-12-18(8-3)10-11-21(19)22/h10-12,17,23H,6-9,13-16H2,1-5H3/b24-20+. The van der Waals surface area contributed by atoms with Crippen LogP contribution in [0.5, 0.6) is 0 Å². The molecule has 5 heteroatoms. The largest absolute Gasteiger partial charge is 0.355 e. The Bertz CT molecular complexity index is 544. The van der Waals surface area contributed by atoms with E-state index in [-0.39, 0.29) is 12.4 Å². The Kier molecular flexibility index (Phi) is 11.1. The Morgan fingerprint density at radius 2 is 1.96 bits per heavy atom. The van der Waals surface area contributed by atoms with E-state index < -0.39 is 0 Å². The van der Waals surface area contributed by atoms with Gasteiger partial charge in [0.1, 0.15) is 12.5 Å². The normalized spacial score (nSPS) is 12.0. The summed E-state index contributed by atoms with van der Waals surface area (Å²) in [6.07, 6.45) is 4.02. The lowest BCUT2D eigenvalue weighted by molar-refractivity contribution is 0.0104. The third-order valence-corrected chi connectivity index (χ3v) is 4.71. The van der Waals surface area contributed by atoms with E-state index in [1.165, 1.54) is 6.07 Å². The van der Waals surface area contributed by atoms with Gasteiger partial charge in [0.05, 0.1) is 12.3 Å². The first kappa shape index (κ1) is 22.6. The summed E-state index contributed by atoms with van der Waals surface area (Å²) in [5.41, 5.74) is 2.84. The minimum atomic E-state index is -0.207. The van der Waals surface area contributed by atoms with Crippen molar-refractivity contribution in [2.45, 2.75) is 60.0 Å². The molecule has 0 bridgehead atoms. The molecule has 0 radical (unpaired) electrons. The van der Waals surface area contributed by atoms with E-state index in [1.54, 1.807) is 0 Å². The van der Waals surface area contributed by atoms with Gasteiger partial charge in [-0.1, -0.05) is 52.7 Å². The summed E-state index contributed by atoms with van der Waals surface area (Å²) >= 11 is 0. The number of nitrogens with zero attached hydrogens (tertiary/aromatic N) is 2. The summed E-state index contributed by atoms with van der Waals surface area (Å²) in [6.45, 7) is 10.9. The van der Waals surface area contributed by atoms with Gasteiger partial charge in [-0.2, -0.15) is 5.10 Å². The first-order valence-electron chi connectivity index (χ1n) is 9.88. The third-order valence-electron chi connectivity index (χ3n) is 4.71. The molecule has 1 rings (SSSR count). The third kappa shape index (κ3) is 7.83. The van der Waals surface area contributed by atoms with Gasteiger partial charge in [0.2, 0.25) is 0 Å². The average molecular weight is 366 g/mol. The van der Waals surface area contributed by atoms with E-state index in [9.17, 15) is 4.39 Å². The van der Waals surface area contributed by atoms with Crippen LogP contribution >= 0.6 is 0 Å². The quantitative estimate of drug-likeness (QED) is 0.316. The van der Waals surface area contributed by atoms with Crippen molar-refractivity contribution in [3.8, 4) is 0 Å². The second-order valence-electron chi connectivity index (χ2n) is 6.68. The van der Waals surface area contributed by atoms with Crippen LogP contribution in [-0.2, 0) is 17.8 Å². The summed E-state index contributed by atoms with van der Waals surface area (Å²) in [7, 11) is 1.93. The topological polar surface area (TPSA) is 36.9 Å². The molecule has 0 atom stereocenters. The number of rotatable bonds is 13. The fourth-order valence-corrected chi connectivity index (χ4v) is 2.82. The van der Waals surface area contributed by atoms with Crippen LogP contribution in [0.25, 0.3) is 0 Å². The maximum Gasteiger partial charge on any atom is 0.135 e. The molecular weight excluding hydrogens is 329 g/mol. The SMILES string of the molecule is CC/C(CNC)=N\N(COCc1cc(CC)ccc1F)CC(CC)CC. The van der Waals surface area contributed by atoms with Crippen molar-refractivity contribution in [3.05, 3.63) is 35.1 Å². The van der Waals surface area contributed by atoms with Crippen molar-refractivity contribution in [3.63, 3.8) is 0 Å². The maximum absolute atomic E-state index is 14.0. The van der Waals surface area contributed by atoms with E-state index in [2.05, 4.69) is 33.0 Å². The van der Waals surface area contributed by atoms with Gasteiger partial charge in [-0.3, -0.25) is 5.01 Å². The van der Waals surface area contributed by atoms with E-state index in [0.717, 1.165) is 50.0 Å². The van der Waals surface area contributed by atoms with Gasteiger partial charge in [0.25, 0.3) is 0 Å². The summed E-state index contributed by atoms with van der Waals surface area (Å²) in [4.78, 5) is 0. The van der Waals surface area contributed by atoms with E-state index in [1.807, 2.05) is 24.2 Å². The highest BCUT2D eigenvalue weighted by atomic mass is 19.1. The fraction of sp³-hybridized carbons (Fsp3) is 0.667. The van der Waals surface area contributed by atoms with Crippen LogP contribution in [0.2, 0.25) is 0 Å². The highest BCUT2D eigenvalue weighted by molar-refractivity contribution is 5.85. The predicted molar refractivity (Wildman–Crippen MR) is 108 cm³/mol. The molecule has 1 aromatic rings. The Balaban J connectivity index is 2.75. The number of hydrogen-bond acceptors (Lipinski definition) is 4. The predicted octanol–water partition coefficient (Wildman–Crippen LogP) is 4.59. The molecule has 4 nitrogen and oxygen atoms in total. The van der Waals surface area contributed by atoms with Crippen LogP contribution in [0, 0.1) is 11.7 Å². The van der Waals surface area contributed by atoms with Gasteiger partial charge in [-0.15, -0.1) is 0 Å². The van der Waals surface area contributed by atoms with Crippen molar-refractivity contribution in [2.75, 3.05) is 26.9 Å². The number of aryl methyl sites for hydroxylation is 1. The maximum atomic E-state index is 14.0. The zero-order valence-electron chi connectivity index (χ0n) is 17.1. The molecule has 0 unspecified atom stereocenters. The number of halogens is 1. The number of hydrazone groups is 1. The van der Waals surface area contributed by atoms with Gasteiger partial charge in [-0.05, 0) is 37.4 Å². The molecular formula is C21H36FN3O. The lowest BCUT2D eigenvalue weighted by Crippen LogP contribution is -2.30. The number of ether oxygens (including phenoxy) is 1.